The number of hydrogen-bond acceptors (Lipinski definition) is 3. The highest BCUT2D eigenvalue weighted by atomic mass is 32.2. The lowest BCUT2D eigenvalue weighted by atomic mass is 10.0. The monoisotopic (exact) mass is 265 g/mol. The highest BCUT2D eigenvalue weighted by Gasteiger charge is 2.18. The van der Waals surface area contributed by atoms with Crippen molar-refractivity contribution in [3.63, 3.8) is 0 Å². The van der Waals surface area contributed by atoms with Gasteiger partial charge >= 0.3 is 0 Å². The van der Waals surface area contributed by atoms with E-state index in [0.717, 1.165) is 22.3 Å². The molecule has 1 aromatic rings. The Balaban J connectivity index is 1.91. The lowest BCUT2D eigenvalue weighted by molar-refractivity contribution is 0.124. The summed E-state index contributed by atoms with van der Waals surface area (Å²) >= 11 is 2.05. The summed E-state index contributed by atoms with van der Waals surface area (Å²) in [4.78, 5) is 0. The number of anilines is 1. The lowest BCUT2D eigenvalue weighted by Crippen LogP contribution is -2.13. The molecule has 100 valence electrons. The lowest BCUT2D eigenvalue weighted by Gasteiger charge is -2.24. The fourth-order valence-corrected chi connectivity index (χ4v) is 3.97. The number of nitrogens with two attached hydrogens (primary N) is 1. The van der Waals surface area contributed by atoms with Gasteiger partial charge in [0.05, 0.1) is 6.10 Å². The van der Waals surface area contributed by atoms with Crippen molar-refractivity contribution in [2.24, 2.45) is 0 Å². The molecule has 2 N–H and O–H groups in total. The summed E-state index contributed by atoms with van der Waals surface area (Å²) in [7, 11) is 1.78. The molecule has 1 unspecified atom stereocenters. The van der Waals surface area contributed by atoms with Gasteiger partial charge in [-0.3, -0.25) is 0 Å². The molecule has 0 radical (unpaired) electrons. The first-order valence-electron chi connectivity index (χ1n) is 6.80. The van der Waals surface area contributed by atoms with Crippen LogP contribution >= 0.6 is 11.8 Å². The minimum atomic E-state index is 0.123. The highest BCUT2D eigenvalue weighted by molar-refractivity contribution is 7.99. The van der Waals surface area contributed by atoms with E-state index in [1.165, 1.54) is 32.1 Å². The zero-order valence-corrected chi connectivity index (χ0v) is 11.9. The third kappa shape index (κ3) is 3.66. The van der Waals surface area contributed by atoms with Crippen LogP contribution in [0.4, 0.5) is 5.69 Å². The molecule has 18 heavy (non-hydrogen) atoms. The molecule has 2 nitrogen and oxygen atoms in total. The second-order valence-electron chi connectivity index (χ2n) is 4.95. The topological polar surface area (TPSA) is 35.2 Å². The third-order valence-electron chi connectivity index (χ3n) is 3.66. The van der Waals surface area contributed by atoms with Crippen molar-refractivity contribution in [1.82, 2.24) is 0 Å². The molecule has 1 fully saturated rings. The summed E-state index contributed by atoms with van der Waals surface area (Å²) in [5.74, 6) is 1.01. The van der Waals surface area contributed by atoms with Crippen LogP contribution in [0.25, 0.3) is 0 Å². The molecule has 0 amide bonds. The number of nitrogen functional groups attached to an aromatic ring is 1. The number of thioether (sulfide) groups is 1. The number of hydrogen-bond donors (Lipinski definition) is 1. The molecular weight excluding hydrogens is 242 g/mol. The van der Waals surface area contributed by atoms with Crippen LogP contribution in [0.3, 0.4) is 0 Å². The quantitative estimate of drug-likeness (QED) is 0.817. The third-order valence-corrected chi connectivity index (χ3v) is 5.10. The number of ether oxygens (including phenoxy) is 1. The first-order chi connectivity index (χ1) is 8.81. The van der Waals surface area contributed by atoms with Gasteiger partial charge < -0.3 is 10.5 Å². The Bertz CT molecular complexity index is 363. The summed E-state index contributed by atoms with van der Waals surface area (Å²) in [6.45, 7) is 0. The smallest absolute Gasteiger partial charge is 0.0931 e. The Morgan fingerprint density at radius 2 is 2.00 bits per heavy atom. The Kier molecular flexibility index (Phi) is 5.39. The van der Waals surface area contributed by atoms with Crippen LogP contribution in [0.5, 0.6) is 0 Å². The highest BCUT2D eigenvalue weighted by Crippen LogP contribution is 2.33. The fraction of sp³-hybridized carbons (Fsp3) is 0.600. The van der Waals surface area contributed by atoms with Gasteiger partial charge in [-0.1, -0.05) is 37.5 Å². The molecule has 0 spiro atoms. The molecule has 0 aliphatic heterocycles. The van der Waals surface area contributed by atoms with Gasteiger partial charge in [0, 0.05) is 29.4 Å². The van der Waals surface area contributed by atoms with E-state index in [-0.39, 0.29) is 6.10 Å². The second-order valence-corrected chi connectivity index (χ2v) is 6.28. The van der Waals surface area contributed by atoms with Gasteiger partial charge in [-0.2, -0.15) is 11.8 Å². The number of methoxy groups -OCH3 is 1. The van der Waals surface area contributed by atoms with Gasteiger partial charge in [0.25, 0.3) is 0 Å². The summed E-state index contributed by atoms with van der Waals surface area (Å²) in [6.07, 6.45) is 7.05. The van der Waals surface area contributed by atoms with E-state index in [9.17, 15) is 0 Å². The molecule has 1 saturated carbocycles. The van der Waals surface area contributed by atoms with Gasteiger partial charge in [-0.05, 0) is 18.9 Å². The average Bonchev–Trinajstić information content (AvgIpc) is 2.42. The van der Waals surface area contributed by atoms with Crippen molar-refractivity contribution in [2.75, 3.05) is 18.6 Å². The number of benzene rings is 1. The van der Waals surface area contributed by atoms with E-state index in [4.69, 9.17) is 10.5 Å². The van der Waals surface area contributed by atoms with Gasteiger partial charge in [-0.15, -0.1) is 0 Å². The Morgan fingerprint density at radius 1 is 1.28 bits per heavy atom. The summed E-state index contributed by atoms with van der Waals surface area (Å²) in [5, 5.41) is 0.821. The molecule has 1 aromatic carbocycles. The van der Waals surface area contributed by atoms with Crippen LogP contribution in [0.15, 0.2) is 24.3 Å². The van der Waals surface area contributed by atoms with Crippen LogP contribution in [0.1, 0.15) is 43.8 Å². The van der Waals surface area contributed by atoms with Crippen molar-refractivity contribution in [1.29, 1.82) is 0 Å². The maximum Gasteiger partial charge on any atom is 0.0931 e. The predicted molar refractivity (Wildman–Crippen MR) is 79.9 cm³/mol. The fourth-order valence-electron chi connectivity index (χ4n) is 2.54. The maximum atomic E-state index is 6.02. The minimum absolute atomic E-state index is 0.123. The molecule has 1 aliphatic carbocycles. The number of rotatable bonds is 5. The van der Waals surface area contributed by atoms with E-state index in [0.29, 0.717) is 0 Å². The van der Waals surface area contributed by atoms with Crippen molar-refractivity contribution < 1.29 is 4.74 Å². The molecule has 0 saturated heterocycles. The number of para-hydroxylation sites is 1. The van der Waals surface area contributed by atoms with E-state index < -0.39 is 0 Å². The molecule has 0 aromatic heterocycles. The normalized spacial score (nSPS) is 18.7. The van der Waals surface area contributed by atoms with Gasteiger partial charge in [0.1, 0.15) is 0 Å². The Labute approximate surface area is 114 Å². The average molecular weight is 265 g/mol. The first-order valence-corrected chi connectivity index (χ1v) is 7.85. The maximum absolute atomic E-state index is 6.02. The Hall–Kier alpha value is -0.670. The predicted octanol–water partition coefficient (Wildman–Crippen LogP) is 4.02. The molecule has 1 atom stereocenters. The van der Waals surface area contributed by atoms with Crippen LogP contribution in [-0.4, -0.2) is 18.1 Å². The molecule has 0 bridgehead atoms. The van der Waals surface area contributed by atoms with Crippen LogP contribution in [0.2, 0.25) is 0 Å². The second kappa shape index (κ2) is 7.05. The largest absolute Gasteiger partial charge is 0.398 e. The summed E-state index contributed by atoms with van der Waals surface area (Å²) in [5.41, 5.74) is 7.99. The van der Waals surface area contributed by atoms with E-state index in [2.05, 4.69) is 17.8 Å². The van der Waals surface area contributed by atoms with Crippen molar-refractivity contribution in [2.45, 2.75) is 43.5 Å². The zero-order valence-electron chi connectivity index (χ0n) is 11.1. The van der Waals surface area contributed by atoms with Crippen LogP contribution in [0, 0.1) is 0 Å². The van der Waals surface area contributed by atoms with E-state index in [1.54, 1.807) is 7.11 Å². The standard InChI is InChI=1S/C15H23NOS/c1-17-15(13-9-5-6-10-14(13)16)11-18-12-7-3-2-4-8-12/h5-6,9-10,12,15H,2-4,7-8,11,16H2,1H3. The van der Waals surface area contributed by atoms with Gasteiger partial charge in [0.2, 0.25) is 0 Å². The van der Waals surface area contributed by atoms with Crippen LogP contribution < -0.4 is 5.73 Å². The van der Waals surface area contributed by atoms with Crippen LogP contribution in [-0.2, 0) is 4.74 Å². The summed E-state index contributed by atoms with van der Waals surface area (Å²) in [6, 6.07) is 8.03. The van der Waals surface area contributed by atoms with Crippen molar-refractivity contribution in [3.8, 4) is 0 Å². The molecular formula is C15H23NOS. The summed E-state index contributed by atoms with van der Waals surface area (Å²) < 4.78 is 5.61. The SMILES string of the molecule is COC(CSC1CCCCC1)c1ccccc1N. The van der Waals surface area contributed by atoms with E-state index in [1.807, 2.05) is 18.2 Å². The Morgan fingerprint density at radius 3 is 2.67 bits per heavy atom. The first kappa shape index (κ1) is 13.8. The van der Waals surface area contributed by atoms with Gasteiger partial charge in [-0.25, -0.2) is 0 Å². The molecule has 3 heteroatoms. The van der Waals surface area contributed by atoms with E-state index >= 15 is 0 Å². The molecule has 1 aliphatic rings. The van der Waals surface area contributed by atoms with Crippen molar-refractivity contribution >= 4 is 17.4 Å². The minimum Gasteiger partial charge on any atom is -0.398 e. The molecule has 2 rings (SSSR count). The zero-order chi connectivity index (χ0) is 12.8. The van der Waals surface area contributed by atoms with Crippen molar-refractivity contribution in [3.05, 3.63) is 29.8 Å². The molecule has 0 heterocycles. The van der Waals surface area contributed by atoms with Gasteiger partial charge in [0.15, 0.2) is 0 Å².